The van der Waals surface area contributed by atoms with E-state index in [2.05, 4.69) is 15.6 Å². The summed E-state index contributed by atoms with van der Waals surface area (Å²) < 4.78 is 0. The molecule has 2 N–H and O–H groups in total. The minimum Gasteiger partial charge on any atom is -0.341 e. The van der Waals surface area contributed by atoms with E-state index in [9.17, 15) is 14.4 Å². The number of para-hydroxylation sites is 1. The van der Waals surface area contributed by atoms with E-state index >= 15 is 0 Å². The molecule has 36 heavy (non-hydrogen) atoms. The van der Waals surface area contributed by atoms with Crippen LogP contribution in [0.1, 0.15) is 49.3 Å². The first-order chi connectivity index (χ1) is 17.3. The molecule has 1 aromatic carbocycles. The lowest BCUT2D eigenvalue weighted by molar-refractivity contribution is -0.132. The second kappa shape index (κ2) is 10.0. The number of carbonyl (C=O) groups excluding carboxylic acids is 3. The molecule has 2 aromatic rings. The zero-order chi connectivity index (χ0) is 25.4. The molecule has 1 aromatic heterocycles. The van der Waals surface area contributed by atoms with Crippen LogP contribution in [0.5, 0.6) is 0 Å². The number of nitrogens with one attached hydrogen (secondary N) is 2. The topological polar surface area (TPSA) is 94.1 Å². The van der Waals surface area contributed by atoms with E-state index in [0.29, 0.717) is 23.2 Å². The minimum absolute atomic E-state index is 0.0479. The Morgan fingerprint density at radius 1 is 1.03 bits per heavy atom. The maximum Gasteiger partial charge on any atom is 0.321 e. The first-order valence-electron chi connectivity index (χ1n) is 12.6. The van der Waals surface area contributed by atoms with Crippen LogP contribution in [0.4, 0.5) is 15.5 Å². The van der Waals surface area contributed by atoms with Crippen molar-refractivity contribution in [2.75, 3.05) is 29.9 Å². The molecule has 4 aliphatic rings. The third-order valence-electron chi connectivity index (χ3n) is 7.65. The van der Waals surface area contributed by atoms with E-state index in [-0.39, 0.29) is 12.5 Å². The highest BCUT2D eigenvalue weighted by Crippen LogP contribution is 2.35. The van der Waals surface area contributed by atoms with Gasteiger partial charge in [0.05, 0.1) is 10.7 Å². The van der Waals surface area contributed by atoms with Crippen LogP contribution >= 0.6 is 11.3 Å². The summed E-state index contributed by atoms with van der Waals surface area (Å²) in [5, 5.41) is 8.15. The van der Waals surface area contributed by atoms with Gasteiger partial charge >= 0.3 is 6.03 Å². The van der Waals surface area contributed by atoms with Crippen molar-refractivity contribution in [3.63, 3.8) is 0 Å². The molecule has 4 amide bonds. The van der Waals surface area contributed by atoms with Gasteiger partial charge in [-0.25, -0.2) is 4.79 Å². The third-order valence-corrected chi connectivity index (χ3v) is 8.58. The fourth-order valence-corrected chi connectivity index (χ4v) is 6.45. The van der Waals surface area contributed by atoms with E-state index in [1.165, 1.54) is 41.9 Å². The van der Waals surface area contributed by atoms with Gasteiger partial charge in [-0.3, -0.25) is 24.8 Å². The van der Waals surface area contributed by atoms with E-state index in [1.54, 1.807) is 0 Å². The number of anilines is 2. The molecule has 9 heteroatoms. The Hall–Kier alpha value is -3.20. The largest absolute Gasteiger partial charge is 0.341 e. The highest BCUT2D eigenvalue weighted by Gasteiger charge is 2.37. The van der Waals surface area contributed by atoms with Crippen LogP contribution in [0.25, 0.3) is 0 Å². The van der Waals surface area contributed by atoms with Gasteiger partial charge in [0, 0.05) is 24.4 Å². The predicted octanol–water partition coefficient (Wildman–Crippen LogP) is 4.32. The highest BCUT2D eigenvalue weighted by molar-refractivity contribution is 7.14. The Kier molecular flexibility index (Phi) is 6.83. The zero-order valence-electron chi connectivity index (χ0n) is 21.0. The number of thiophene rings is 1. The Labute approximate surface area is 215 Å². The molecule has 190 valence electrons. The van der Waals surface area contributed by atoms with Crippen LogP contribution in [0.3, 0.4) is 0 Å². The average Bonchev–Trinajstić information content (AvgIpc) is 3.02. The molecule has 4 heterocycles. The highest BCUT2D eigenvalue weighted by atomic mass is 32.1. The van der Waals surface area contributed by atoms with Crippen LogP contribution in [-0.2, 0) is 9.59 Å². The summed E-state index contributed by atoms with van der Waals surface area (Å²) in [6, 6.07) is 7.18. The fraction of sp³-hybridized carbons (Fsp3) is 0.481. The third kappa shape index (κ3) is 4.89. The van der Waals surface area contributed by atoms with Gasteiger partial charge < -0.3 is 10.2 Å². The molecule has 2 saturated heterocycles. The Balaban J connectivity index is 1.41. The second-order valence-corrected chi connectivity index (χ2v) is 11.1. The monoisotopic (exact) mass is 507 g/mol. The van der Waals surface area contributed by atoms with Gasteiger partial charge in [0.1, 0.15) is 6.54 Å². The van der Waals surface area contributed by atoms with E-state index < -0.39 is 18.1 Å². The minimum atomic E-state index is -1.13. The number of benzodiazepines with no additional fused rings is 1. The number of rotatable bonds is 4. The maximum atomic E-state index is 13.8. The molecule has 3 fully saturated rings. The number of hydrogen-bond acceptors (Lipinski definition) is 5. The van der Waals surface area contributed by atoms with Crippen LogP contribution in [0.15, 0.2) is 34.6 Å². The van der Waals surface area contributed by atoms with E-state index in [4.69, 9.17) is 0 Å². The molecule has 3 aliphatic heterocycles. The number of urea groups is 1. The van der Waals surface area contributed by atoms with Crippen molar-refractivity contribution in [2.45, 2.75) is 52.6 Å². The molecule has 0 spiro atoms. The summed E-state index contributed by atoms with van der Waals surface area (Å²) >= 11 is 1.42. The van der Waals surface area contributed by atoms with Crippen molar-refractivity contribution < 1.29 is 14.4 Å². The molecule has 2 bridgehead atoms. The summed E-state index contributed by atoms with van der Waals surface area (Å²) in [5.74, 6) is 0.636. The van der Waals surface area contributed by atoms with E-state index in [0.717, 1.165) is 34.8 Å². The summed E-state index contributed by atoms with van der Waals surface area (Å²) in [5.41, 5.74) is 3.96. The Morgan fingerprint density at radius 3 is 2.36 bits per heavy atom. The van der Waals surface area contributed by atoms with Gasteiger partial charge in [-0.05, 0) is 80.9 Å². The number of amides is 4. The summed E-state index contributed by atoms with van der Waals surface area (Å²) in [6.45, 7) is 7.13. The molecule has 1 atom stereocenters. The number of hydrogen-bond donors (Lipinski definition) is 2. The molecule has 1 saturated carbocycles. The molecule has 6 rings (SSSR count). The van der Waals surface area contributed by atoms with Crippen LogP contribution < -0.4 is 15.5 Å². The SMILES string of the molecule is CC1=NC(NC(=O)Nc2sccc2C)C(=O)N(CC(=O)N2CC3CCC(CC3)C2)c2c(C)cccc21. The van der Waals surface area contributed by atoms with Gasteiger partial charge in [-0.1, -0.05) is 18.2 Å². The molecule has 8 nitrogen and oxygen atoms in total. The van der Waals surface area contributed by atoms with Crippen molar-refractivity contribution in [3.8, 4) is 0 Å². The first-order valence-corrected chi connectivity index (χ1v) is 13.5. The first kappa shape index (κ1) is 24.5. The van der Waals surface area contributed by atoms with Crippen LogP contribution in [0, 0.1) is 25.7 Å². The summed E-state index contributed by atoms with van der Waals surface area (Å²) in [6.07, 6.45) is 3.58. The predicted molar refractivity (Wildman–Crippen MR) is 143 cm³/mol. The maximum absolute atomic E-state index is 13.8. The quantitative estimate of drug-likeness (QED) is 0.646. The van der Waals surface area contributed by atoms with Crippen molar-refractivity contribution >= 4 is 45.6 Å². The normalized spacial score (nSPS) is 23.5. The Morgan fingerprint density at radius 2 is 1.72 bits per heavy atom. The number of fused-ring (bicyclic) bond motifs is 5. The van der Waals surface area contributed by atoms with Gasteiger partial charge in [-0.15, -0.1) is 11.3 Å². The average molecular weight is 508 g/mol. The molecule has 1 aliphatic carbocycles. The molecular formula is C27H33N5O3S. The molecule has 1 unspecified atom stereocenters. The van der Waals surface area contributed by atoms with Crippen molar-refractivity contribution in [1.82, 2.24) is 10.2 Å². The van der Waals surface area contributed by atoms with Gasteiger partial charge in [0.2, 0.25) is 12.1 Å². The van der Waals surface area contributed by atoms with E-state index in [1.807, 2.05) is 55.3 Å². The van der Waals surface area contributed by atoms with Crippen LogP contribution in [-0.4, -0.2) is 54.3 Å². The molecule has 0 radical (unpaired) electrons. The van der Waals surface area contributed by atoms with Gasteiger partial charge in [-0.2, -0.15) is 0 Å². The standard InChI is InChI=1S/C27H33N5O3S/c1-16-5-4-6-21-18(3)28-24(29-27(35)30-25-17(2)11-12-36-25)26(34)32(23(16)21)15-22(33)31-13-19-7-8-20(14-31)10-9-19/h4-6,11-12,19-20,24H,7-10,13-15H2,1-3H3,(H2,29,30,35). The van der Waals surface area contributed by atoms with Crippen LogP contribution in [0.2, 0.25) is 0 Å². The van der Waals surface area contributed by atoms with Crippen molar-refractivity contribution in [2.24, 2.45) is 16.8 Å². The number of carbonyl (C=O) groups is 3. The van der Waals surface area contributed by atoms with Crippen molar-refractivity contribution in [3.05, 3.63) is 46.3 Å². The zero-order valence-corrected chi connectivity index (χ0v) is 21.9. The van der Waals surface area contributed by atoms with Crippen molar-refractivity contribution in [1.29, 1.82) is 0 Å². The smallest absolute Gasteiger partial charge is 0.321 e. The summed E-state index contributed by atoms with van der Waals surface area (Å²) in [4.78, 5) is 48.3. The second-order valence-electron chi connectivity index (χ2n) is 10.2. The fourth-order valence-electron chi connectivity index (χ4n) is 5.63. The lowest BCUT2D eigenvalue weighted by atomic mass is 9.84. The number of aryl methyl sites for hydroxylation is 2. The van der Waals surface area contributed by atoms with Gasteiger partial charge in [0.25, 0.3) is 5.91 Å². The molecular weight excluding hydrogens is 474 g/mol. The summed E-state index contributed by atoms with van der Waals surface area (Å²) in [7, 11) is 0. The Bertz CT molecular complexity index is 1200. The number of aliphatic imine (C=N–C) groups is 1. The number of benzene rings is 1. The van der Waals surface area contributed by atoms with Gasteiger partial charge in [0.15, 0.2) is 0 Å². The number of nitrogens with zero attached hydrogens (tertiary/aromatic N) is 3. The lowest BCUT2D eigenvalue weighted by Gasteiger charge is -2.30. The lowest BCUT2D eigenvalue weighted by Crippen LogP contribution is -2.52.